The minimum absolute atomic E-state index is 0.123. The highest BCUT2D eigenvalue weighted by molar-refractivity contribution is 5.80. The van der Waals surface area contributed by atoms with Crippen LogP contribution in [0.4, 0.5) is 0 Å². The van der Waals surface area contributed by atoms with Gasteiger partial charge in [-0.05, 0) is 13.8 Å². The number of piperazine rings is 1. The molecule has 8 nitrogen and oxygen atoms in total. The summed E-state index contributed by atoms with van der Waals surface area (Å²) in [4.78, 5) is 24.0. The van der Waals surface area contributed by atoms with E-state index in [1.807, 2.05) is 11.8 Å². The van der Waals surface area contributed by atoms with Crippen molar-refractivity contribution in [3.8, 4) is 0 Å². The predicted octanol–water partition coefficient (Wildman–Crippen LogP) is 0.00762. The molecule has 1 saturated heterocycles. The summed E-state index contributed by atoms with van der Waals surface area (Å²) in [7, 11) is 0. The number of aryl methyl sites for hydroxylation is 1. The number of rotatable bonds is 3. The Morgan fingerprint density at radius 1 is 1.33 bits per heavy atom. The molecule has 0 unspecified atom stereocenters. The first-order chi connectivity index (χ1) is 10.1. The summed E-state index contributed by atoms with van der Waals surface area (Å²) in [6, 6.07) is 0. The lowest BCUT2D eigenvalue weighted by molar-refractivity contribution is -0.130. The second-order valence-corrected chi connectivity index (χ2v) is 4.90. The first kappa shape index (κ1) is 15.3. The molecule has 0 atom stereocenters. The molecule has 1 aromatic rings. The number of carbonyl (C=O) groups is 1. The molecule has 1 aliphatic rings. The molecular formula is C13H22N6O2. The van der Waals surface area contributed by atoms with Crippen molar-refractivity contribution in [2.45, 2.75) is 27.3 Å². The van der Waals surface area contributed by atoms with Crippen molar-refractivity contribution in [3.63, 3.8) is 0 Å². The topological polar surface area (TPSA) is 86.9 Å². The third-order valence-corrected chi connectivity index (χ3v) is 3.29. The van der Waals surface area contributed by atoms with Crippen molar-refractivity contribution >= 4 is 11.9 Å². The van der Waals surface area contributed by atoms with Gasteiger partial charge in [0.1, 0.15) is 6.54 Å². The largest absolute Gasteiger partial charge is 0.357 e. The Bertz CT molecular complexity index is 505. The molecule has 1 fully saturated rings. The molecular weight excluding hydrogens is 272 g/mol. The van der Waals surface area contributed by atoms with Gasteiger partial charge < -0.3 is 19.6 Å². The first-order valence-corrected chi connectivity index (χ1v) is 7.18. The van der Waals surface area contributed by atoms with E-state index in [0.717, 1.165) is 38.7 Å². The monoisotopic (exact) mass is 294 g/mol. The number of aromatic nitrogens is 2. The van der Waals surface area contributed by atoms with Gasteiger partial charge >= 0.3 is 0 Å². The van der Waals surface area contributed by atoms with Crippen molar-refractivity contribution in [3.05, 3.63) is 11.7 Å². The molecule has 2 heterocycles. The number of hydrogen-bond donors (Lipinski definition) is 1. The van der Waals surface area contributed by atoms with Gasteiger partial charge in [0, 0.05) is 39.6 Å². The molecule has 1 N–H and O–H groups in total. The van der Waals surface area contributed by atoms with E-state index < -0.39 is 0 Å². The summed E-state index contributed by atoms with van der Waals surface area (Å²) in [5, 5.41) is 7.00. The molecule has 0 radical (unpaired) electrons. The number of nitrogens with one attached hydrogen (secondary N) is 1. The van der Waals surface area contributed by atoms with Crippen molar-refractivity contribution in [2.24, 2.45) is 4.99 Å². The van der Waals surface area contributed by atoms with Gasteiger partial charge in [0.25, 0.3) is 0 Å². The minimum atomic E-state index is 0.123. The van der Waals surface area contributed by atoms with Gasteiger partial charge in [-0.15, -0.1) is 0 Å². The van der Waals surface area contributed by atoms with Crippen molar-refractivity contribution < 1.29 is 9.32 Å². The number of nitrogens with zero attached hydrogens (tertiary/aromatic N) is 5. The van der Waals surface area contributed by atoms with Gasteiger partial charge in [0.05, 0.1) is 0 Å². The highest BCUT2D eigenvalue weighted by Crippen LogP contribution is 2.04. The molecule has 0 saturated carbocycles. The van der Waals surface area contributed by atoms with Gasteiger partial charge in [-0.25, -0.2) is 4.99 Å². The SMILES string of the molecule is CCNC(=NCc1nc(C)no1)N1CCN(C(C)=O)CC1. The Morgan fingerprint density at radius 3 is 2.52 bits per heavy atom. The zero-order valence-electron chi connectivity index (χ0n) is 12.8. The fourth-order valence-electron chi connectivity index (χ4n) is 2.21. The zero-order chi connectivity index (χ0) is 15.2. The third-order valence-electron chi connectivity index (χ3n) is 3.29. The van der Waals surface area contributed by atoms with Gasteiger partial charge in [-0.1, -0.05) is 5.16 Å². The van der Waals surface area contributed by atoms with Gasteiger partial charge in [-0.3, -0.25) is 4.79 Å². The van der Waals surface area contributed by atoms with E-state index >= 15 is 0 Å². The molecule has 0 spiro atoms. The van der Waals surface area contributed by atoms with Crippen molar-refractivity contribution in [2.75, 3.05) is 32.7 Å². The summed E-state index contributed by atoms with van der Waals surface area (Å²) >= 11 is 0. The maximum Gasteiger partial charge on any atom is 0.248 e. The average molecular weight is 294 g/mol. The van der Waals surface area contributed by atoms with Crippen LogP contribution in [0.1, 0.15) is 25.6 Å². The smallest absolute Gasteiger partial charge is 0.248 e. The number of guanidine groups is 1. The van der Waals surface area contributed by atoms with Crippen LogP contribution in [0.2, 0.25) is 0 Å². The van der Waals surface area contributed by atoms with Crippen LogP contribution in [0, 0.1) is 6.92 Å². The fraction of sp³-hybridized carbons (Fsp3) is 0.692. The predicted molar refractivity (Wildman–Crippen MR) is 77.7 cm³/mol. The van der Waals surface area contributed by atoms with Crippen LogP contribution in [0.3, 0.4) is 0 Å². The average Bonchev–Trinajstić information content (AvgIpc) is 2.89. The van der Waals surface area contributed by atoms with Gasteiger partial charge in [-0.2, -0.15) is 4.98 Å². The van der Waals surface area contributed by atoms with E-state index in [2.05, 4.69) is 25.3 Å². The van der Waals surface area contributed by atoms with Crippen molar-refractivity contribution in [1.29, 1.82) is 0 Å². The maximum absolute atomic E-state index is 11.3. The number of aliphatic imine (C=N–C) groups is 1. The highest BCUT2D eigenvalue weighted by atomic mass is 16.5. The lowest BCUT2D eigenvalue weighted by Crippen LogP contribution is -2.53. The van der Waals surface area contributed by atoms with E-state index in [0.29, 0.717) is 18.3 Å². The Kier molecular flexibility index (Phi) is 5.13. The Morgan fingerprint density at radius 2 is 2.00 bits per heavy atom. The molecule has 8 heteroatoms. The molecule has 0 bridgehead atoms. The molecule has 2 rings (SSSR count). The molecule has 1 amide bonds. The van der Waals surface area contributed by atoms with Crippen LogP contribution in [0.25, 0.3) is 0 Å². The van der Waals surface area contributed by atoms with Crippen LogP contribution in [0.15, 0.2) is 9.52 Å². The highest BCUT2D eigenvalue weighted by Gasteiger charge is 2.20. The van der Waals surface area contributed by atoms with Crippen LogP contribution in [-0.4, -0.2) is 64.5 Å². The molecule has 0 aromatic carbocycles. The Balaban J connectivity index is 1.97. The second kappa shape index (κ2) is 7.05. The van der Waals surface area contributed by atoms with E-state index in [-0.39, 0.29) is 5.91 Å². The van der Waals surface area contributed by atoms with Crippen LogP contribution < -0.4 is 5.32 Å². The minimum Gasteiger partial charge on any atom is -0.357 e. The summed E-state index contributed by atoms with van der Waals surface area (Å²) in [6.07, 6.45) is 0. The third kappa shape index (κ3) is 4.17. The molecule has 21 heavy (non-hydrogen) atoms. The Labute approximate surface area is 124 Å². The van der Waals surface area contributed by atoms with E-state index in [4.69, 9.17) is 4.52 Å². The summed E-state index contributed by atoms with van der Waals surface area (Å²) in [5.41, 5.74) is 0. The van der Waals surface area contributed by atoms with E-state index in [1.165, 1.54) is 0 Å². The Hall–Kier alpha value is -2.12. The standard InChI is InChI=1S/C13H22N6O2/c1-4-14-13(15-9-12-16-10(2)17-21-12)19-7-5-18(6-8-19)11(3)20/h4-9H2,1-3H3,(H,14,15). The lowest BCUT2D eigenvalue weighted by atomic mass is 10.3. The summed E-state index contributed by atoms with van der Waals surface area (Å²) in [5.74, 6) is 2.06. The maximum atomic E-state index is 11.3. The molecule has 1 aliphatic heterocycles. The molecule has 1 aromatic heterocycles. The first-order valence-electron chi connectivity index (χ1n) is 7.18. The second-order valence-electron chi connectivity index (χ2n) is 4.90. The molecule has 0 aliphatic carbocycles. The van der Waals surface area contributed by atoms with E-state index in [9.17, 15) is 4.79 Å². The number of amides is 1. The van der Waals surface area contributed by atoms with Crippen LogP contribution in [-0.2, 0) is 11.3 Å². The lowest BCUT2D eigenvalue weighted by Gasteiger charge is -2.36. The number of carbonyl (C=O) groups excluding carboxylic acids is 1. The van der Waals surface area contributed by atoms with E-state index in [1.54, 1.807) is 13.8 Å². The number of hydrogen-bond acceptors (Lipinski definition) is 5. The van der Waals surface area contributed by atoms with Crippen LogP contribution >= 0.6 is 0 Å². The fourth-order valence-corrected chi connectivity index (χ4v) is 2.21. The normalized spacial score (nSPS) is 16.2. The van der Waals surface area contributed by atoms with Crippen molar-refractivity contribution in [1.82, 2.24) is 25.3 Å². The van der Waals surface area contributed by atoms with Gasteiger partial charge in [0.15, 0.2) is 11.8 Å². The quantitative estimate of drug-likeness (QED) is 0.624. The summed E-state index contributed by atoms with van der Waals surface area (Å²) < 4.78 is 5.06. The molecule has 116 valence electrons. The summed E-state index contributed by atoms with van der Waals surface area (Å²) in [6.45, 7) is 9.54. The van der Waals surface area contributed by atoms with Gasteiger partial charge in [0.2, 0.25) is 11.8 Å². The van der Waals surface area contributed by atoms with Crippen LogP contribution in [0.5, 0.6) is 0 Å². The zero-order valence-corrected chi connectivity index (χ0v) is 12.8.